The van der Waals surface area contributed by atoms with Gasteiger partial charge in [0.15, 0.2) is 17.3 Å². The van der Waals surface area contributed by atoms with E-state index in [1.807, 2.05) is 38.1 Å². The Morgan fingerprint density at radius 2 is 2.00 bits per heavy atom. The molecule has 1 unspecified atom stereocenters. The summed E-state index contributed by atoms with van der Waals surface area (Å²) >= 11 is 0. The smallest absolute Gasteiger partial charge is 0.243 e. The molecular weight excluding hydrogens is 358 g/mol. The molecule has 1 aliphatic rings. The summed E-state index contributed by atoms with van der Waals surface area (Å²) in [6, 6.07) is 11.0. The SMILES string of the molecule is CCOc1ccc(-c2noc(C3C=Nc4ccc(C)cc4C3=O)n2)cc1OC. The van der Waals surface area contributed by atoms with Crippen molar-refractivity contribution in [2.24, 2.45) is 4.99 Å². The van der Waals surface area contributed by atoms with E-state index in [1.165, 1.54) is 0 Å². The van der Waals surface area contributed by atoms with Crippen LogP contribution in [-0.4, -0.2) is 35.9 Å². The van der Waals surface area contributed by atoms with Crippen molar-refractivity contribution in [3.05, 3.63) is 53.4 Å². The molecule has 0 spiro atoms. The van der Waals surface area contributed by atoms with E-state index < -0.39 is 5.92 Å². The highest BCUT2D eigenvalue weighted by Gasteiger charge is 2.31. The first kappa shape index (κ1) is 17.9. The maximum Gasteiger partial charge on any atom is 0.243 e. The fourth-order valence-electron chi connectivity index (χ4n) is 3.09. The van der Waals surface area contributed by atoms with Crippen molar-refractivity contribution >= 4 is 17.7 Å². The number of ketones is 1. The fraction of sp³-hybridized carbons (Fsp3) is 0.238. The van der Waals surface area contributed by atoms with Crippen LogP contribution in [0.3, 0.4) is 0 Å². The zero-order valence-corrected chi connectivity index (χ0v) is 15.8. The van der Waals surface area contributed by atoms with E-state index in [2.05, 4.69) is 15.1 Å². The number of methoxy groups -OCH3 is 1. The Balaban J connectivity index is 1.64. The number of benzene rings is 2. The minimum atomic E-state index is -0.694. The summed E-state index contributed by atoms with van der Waals surface area (Å²) in [5, 5.41) is 4.02. The first-order valence-electron chi connectivity index (χ1n) is 8.94. The Bertz CT molecular complexity index is 1070. The average molecular weight is 377 g/mol. The van der Waals surface area contributed by atoms with Crippen LogP contribution in [0.5, 0.6) is 11.5 Å². The minimum absolute atomic E-state index is 0.104. The van der Waals surface area contributed by atoms with Gasteiger partial charge in [0.1, 0.15) is 5.92 Å². The highest BCUT2D eigenvalue weighted by molar-refractivity contribution is 6.15. The topological polar surface area (TPSA) is 86.8 Å². The van der Waals surface area contributed by atoms with Crippen molar-refractivity contribution in [1.29, 1.82) is 0 Å². The first-order chi connectivity index (χ1) is 13.6. The van der Waals surface area contributed by atoms with E-state index in [4.69, 9.17) is 14.0 Å². The quantitative estimate of drug-likeness (QED) is 0.664. The fourth-order valence-corrected chi connectivity index (χ4v) is 3.09. The van der Waals surface area contributed by atoms with E-state index in [0.29, 0.717) is 40.7 Å². The molecule has 7 heteroatoms. The van der Waals surface area contributed by atoms with Gasteiger partial charge in [-0.15, -0.1) is 0 Å². The molecule has 2 heterocycles. The number of aliphatic imine (C=N–C) groups is 1. The summed E-state index contributed by atoms with van der Waals surface area (Å²) < 4.78 is 16.3. The van der Waals surface area contributed by atoms with Crippen molar-refractivity contribution in [3.8, 4) is 22.9 Å². The highest BCUT2D eigenvalue weighted by atomic mass is 16.5. The lowest BCUT2D eigenvalue weighted by Crippen LogP contribution is -2.18. The predicted octanol–water partition coefficient (Wildman–Crippen LogP) is 4.13. The lowest BCUT2D eigenvalue weighted by Gasteiger charge is -2.14. The number of ether oxygens (including phenoxy) is 2. The standard InChI is InChI=1S/C21H19N3O4/c1-4-27-17-8-6-13(10-18(17)26-3)20-23-21(28-24-20)15-11-22-16-7-5-12(2)9-14(16)19(15)25/h5-11,15H,4H2,1-3H3. The number of carbonyl (C=O) groups excluding carboxylic acids is 1. The van der Waals surface area contributed by atoms with Crippen LogP contribution in [0, 0.1) is 6.92 Å². The zero-order valence-electron chi connectivity index (χ0n) is 15.8. The van der Waals surface area contributed by atoms with Gasteiger partial charge in [0.2, 0.25) is 11.7 Å². The third-order valence-corrected chi connectivity index (χ3v) is 4.49. The van der Waals surface area contributed by atoms with Crippen LogP contribution >= 0.6 is 0 Å². The molecule has 1 aliphatic heterocycles. The molecule has 4 rings (SSSR count). The number of fused-ring (bicyclic) bond motifs is 1. The Morgan fingerprint density at radius 3 is 2.79 bits per heavy atom. The van der Waals surface area contributed by atoms with Gasteiger partial charge in [-0.3, -0.25) is 9.79 Å². The molecule has 0 N–H and O–H groups in total. The molecule has 142 valence electrons. The monoisotopic (exact) mass is 377 g/mol. The summed E-state index contributed by atoms with van der Waals surface area (Å²) in [5.41, 5.74) is 2.92. The van der Waals surface area contributed by atoms with E-state index >= 15 is 0 Å². The summed E-state index contributed by atoms with van der Waals surface area (Å²) in [5.74, 6) is 0.995. The first-order valence-corrected chi connectivity index (χ1v) is 8.94. The van der Waals surface area contributed by atoms with Crippen LogP contribution < -0.4 is 9.47 Å². The third kappa shape index (κ3) is 3.15. The number of aromatic nitrogens is 2. The maximum atomic E-state index is 12.9. The molecule has 0 saturated heterocycles. The molecule has 2 aromatic carbocycles. The third-order valence-electron chi connectivity index (χ3n) is 4.49. The Labute approximate surface area is 162 Å². The Hall–Kier alpha value is -3.48. The molecule has 0 bridgehead atoms. The molecule has 7 nitrogen and oxygen atoms in total. The Kier molecular flexibility index (Phi) is 4.65. The van der Waals surface area contributed by atoms with Crippen molar-refractivity contribution < 1.29 is 18.8 Å². The van der Waals surface area contributed by atoms with Gasteiger partial charge >= 0.3 is 0 Å². The van der Waals surface area contributed by atoms with Crippen LogP contribution in [0.1, 0.15) is 34.7 Å². The summed E-state index contributed by atoms with van der Waals surface area (Å²) in [6.45, 7) is 4.37. The van der Waals surface area contributed by atoms with Gasteiger partial charge in [-0.2, -0.15) is 4.98 Å². The van der Waals surface area contributed by atoms with Crippen LogP contribution in [0.4, 0.5) is 5.69 Å². The van der Waals surface area contributed by atoms with Gasteiger partial charge in [-0.1, -0.05) is 16.8 Å². The van der Waals surface area contributed by atoms with Crippen LogP contribution in [0.2, 0.25) is 0 Å². The Morgan fingerprint density at radius 1 is 1.14 bits per heavy atom. The molecule has 0 aliphatic carbocycles. The van der Waals surface area contributed by atoms with Gasteiger partial charge in [0.05, 0.1) is 19.4 Å². The molecule has 1 aromatic heterocycles. The summed E-state index contributed by atoms with van der Waals surface area (Å²) in [4.78, 5) is 21.7. The van der Waals surface area contributed by atoms with Gasteiger partial charge in [0.25, 0.3) is 0 Å². The largest absolute Gasteiger partial charge is 0.493 e. The van der Waals surface area contributed by atoms with Gasteiger partial charge in [-0.25, -0.2) is 0 Å². The second kappa shape index (κ2) is 7.26. The molecule has 0 fully saturated rings. The molecule has 1 atom stereocenters. The number of Topliss-reactive ketones (excluding diaryl/α,β-unsaturated/α-hetero) is 1. The van der Waals surface area contributed by atoms with Crippen molar-refractivity contribution in [1.82, 2.24) is 10.1 Å². The van der Waals surface area contributed by atoms with Crippen LogP contribution in [0.15, 0.2) is 45.9 Å². The maximum absolute atomic E-state index is 12.9. The molecule has 28 heavy (non-hydrogen) atoms. The minimum Gasteiger partial charge on any atom is -0.493 e. The number of hydrogen-bond donors (Lipinski definition) is 0. The number of nitrogens with zero attached hydrogens (tertiary/aromatic N) is 3. The van der Waals surface area contributed by atoms with Crippen LogP contribution in [0.25, 0.3) is 11.4 Å². The second-order valence-corrected chi connectivity index (χ2v) is 6.40. The van der Waals surface area contributed by atoms with E-state index in [1.54, 1.807) is 25.5 Å². The summed E-state index contributed by atoms with van der Waals surface area (Å²) in [6.07, 6.45) is 1.55. The molecule has 0 saturated carbocycles. The van der Waals surface area contributed by atoms with Crippen molar-refractivity contribution in [3.63, 3.8) is 0 Å². The zero-order chi connectivity index (χ0) is 19.7. The molecule has 0 amide bonds. The highest BCUT2D eigenvalue weighted by Crippen LogP contribution is 2.34. The summed E-state index contributed by atoms with van der Waals surface area (Å²) in [7, 11) is 1.57. The normalized spacial score (nSPS) is 15.4. The molecular formula is C21H19N3O4. The lowest BCUT2D eigenvalue weighted by atomic mass is 9.93. The average Bonchev–Trinajstić information content (AvgIpc) is 3.19. The van der Waals surface area contributed by atoms with E-state index in [9.17, 15) is 4.79 Å². The van der Waals surface area contributed by atoms with Gasteiger partial charge < -0.3 is 14.0 Å². The van der Waals surface area contributed by atoms with Crippen molar-refractivity contribution in [2.75, 3.05) is 13.7 Å². The lowest BCUT2D eigenvalue weighted by molar-refractivity contribution is 0.0971. The molecule has 3 aromatic rings. The second-order valence-electron chi connectivity index (χ2n) is 6.40. The number of aryl methyl sites for hydroxylation is 1. The van der Waals surface area contributed by atoms with Gasteiger partial charge in [-0.05, 0) is 44.2 Å². The van der Waals surface area contributed by atoms with E-state index in [-0.39, 0.29) is 11.7 Å². The number of hydrogen-bond acceptors (Lipinski definition) is 7. The van der Waals surface area contributed by atoms with Gasteiger partial charge in [0, 0.05) is 17.3 Å². The predicted molar refractivity (Wildman–Crippen MR) is 104 cm³/mol. The van der Waals surface area contributed by atoms with Crippen molar-refractivity contribution in [2.45, 2.75) is 19.8 Å². The van der Waals surface area contributed by atoms with E-state index in [0.717, 1.165) is 5.56 Å². The number of carbonyl (C=O) groups is 1. The molecule has 0 radical (unpaired) electrons. The van der Waals surface area contributed by atoms with Crippen LogP contribution in [-0.2, 0) is 0 Å². The number of rotatable bonds is 5.